The minimum atomic E-state index is -0.259. The summed E-state index contributed by atoms with van der Waals surface area (Å²) in [6.45, 7) is 3.74. The number of nitrogens with one attached hydrogen (secondary N) is 1. The van der Waals surface area contributed by atoms with E-state index >= 15 is 0 Å². The fourth-order valence-corrected chi connectivity index (χ4v) is 2.98. The van der Waals surface area contributed by atoms with Crippen molar-refractivity contribution in [3.63, 3.8) is 0 Å². The van der Waals surface area contributed by atoms with Crippen LogP contribution in [0, 0.1) is 11.7 Å². The van der Waals surface area contributed by atoms with E-state index in [1.54, 1.807) is 11.0 Å². The van der Waals surface area contributed by atoms with E-state index in [0.29, 0.717) is 13.1 Å². The first-order chi connectivity index (χ1) is 10.2. The van der Waals surface area contributed by atoms with Crippen molar-refractivity contribution in [1.82, 2.24) is 10.2 Å². The Bertz CT molecular complexity index is 458. The summed E-state index contributed by atoms with van der Waals surface area (Å²) in [6.07, 6.45) is 6.34. The van der Waals surface area contributed by atoms with Gasteiger partial charge in [0.2, 0.25) is 0 Å². The summed E-state index contributed by atoms with van der Waals surface area (Å²) in [5.74, 6) is 0.522. The Morgan fingerprint density at radius 1 is 1.38 bits per heavy atom. The molecule has 1 aliphatic carbocycles. The summed E-state index contributed by atoms with van der Waals surface area (Å²) in [7, 11) is 0. The van der Waals surface area contributed by atoms with Crippen molar-refractivity contribution < 1.29 is 9.18 Å². The third kappa shape index (κ3) is 5.03. The number of nitrogens with zero attached hydrogens (tertiary/aromatic N) is 1. The van der Waals surface area contributed by atoms with Crippen LogP contribution in [0.3, 0.4) is 0 Å². The van der Waals surface area contributed by atoms with E-state index in [0.717, 1.165) is 24.4 Å². The highest BCUT2D eigenvalue weighted by Crippen LogP contribution is 2.26. The summed E-state index contributed by atoms with van der Waals surface area (Å²) >= 11 is 0. The lowest BCUT2D eigenvalue weighted by molar-refractivity contribution is 0.197. The normalized spacial score (nSPS) is 15.1. The molecule has 1 aromatic carbocycles. The molecule has 0 atom stereocenters. The van der Waals surface area contributed by atoms with Crippen molar-refractivity contribution >= 4 is 6.03 Å². The van der Waals surface area contributed by atoms with Crippen molar-refractivity contribution in [2.75, 3.05) is 13.1 Å². The second-order valence-corrected chi connectivity index (χ2v) is 5.82. The standard InChI is InChI=1S/C17H25FN2O/c1-2-20(13-15-8-5-9-16(18)12-15)17(21)19-11-10-14-6-3-4-7-14/h5,8-9,12,14H,2-4,6-7,10-11,13H2,1H3,(H,19,21). The number of hydrogen-bond acceptors (Lipinski definition) is 1. The summed E-state index contributed by atoms with van der Waals surface area (Å²) in [6, 6.07) is 6.36. The van der Waals surface area contributed by atoms with Crippen LogP contribution >= 0.6 is 0 Å². The maximum atomic E-state index is 13.2. The highest BCUT2D eigenvalue weighted by Gasteiger charge is 2.16. The molecule has 1 aliphatic rings. The van der Waals surface area contributed by atoms with Gasteiger partial charge in [-0.1, -0.05) is 37.8 Å². The Labute approximate surface area is 126 Å². The van der Waals surface area contributed by atoms with Crippen molar-refractivity contribution in [2.24, 2.45) is 5.92 Å². The van der Waals surface area contributed by atoms with Gasteiger partial charge in [-0.15, -0.1) is 0 Å². The average Bonchev–Trinajstić information content (AvgIpc) is 2.98. The number of hydrogen-bond donors (Lipinski definition) is 1. The number of carbonyl (C=O) groups is 1. The molecule has 1 fully saturated rings. The first-order valence-corrected chi connectivity index (χ1v) is 7.96. The number of benzene rings is 1. The molecule has 2 rings (SSSR count). The van der Waals surface area contributed by atoms with E-state index in [1.807, 2.05) is 13.0 Å². The number of halogens is 1. The molecule has 1 saturated carbocycles. The first kappa shape index (κ1) is 15.8. The quantitative estimate of drug-likeness (QED) is 0.846. The SMILES string of the molecule is CCN(Cc1cccc(F)c1)C(=O)NCCC1CCCC1. The van der Waals surface area contributed by atoms with Gasteiger partial charge in [-0.05, 0) is 37.0 Å². The van der Waals surface area contributed by atoms with Crippen molar-refractivity contribution in [3.8, 4) is 0 Å². The summed E-state index contributed by atoms with van der Waals surface area (Å²) in [5.41, 5.74) is 0.822. The van der Waals surface area contributed by atoms with Gasteiger partial charge >= 0.3 is 6.03 Å². The first-order valence-electron chi connectivity index (χ1n) is 7.96. The largest absolute Gasteiger partial charge is 0.338 e. The number of carbonyl (C=O) groups excluding carboxylic acids is 1. The molecular formula is C17H25FN2O. The Balaban J connectivity index is 1.77. The Hall–Kier alpha value is -1.58. The zero-order chi connectivity index (χ0) is 15.1. The molecule has 0 saturated heterocycles. The van der Waals surface area contributed by atoms with E-state index in [4.69, 9.17) is 0 Å². The fraction of sp³-hybridized carbons (Fsp3) is 0.588. The van der Waals surface area contributed by atoms with Crippen LogP contribution in [0.2, 0.25) is 0 Å². The van der Waals surface area contributed by atoms with Crippen LogP contribution in [-0.2, 0) is 6.54 Å². The molecule has 0 heterocycles. The van der Waals surface area contributed by atoms with Crippen LogP contribution in [0.4, 0.5) is 9.18 Å². The van der Waals surface area contributed by atoms with E-state index in [1.165, 1.54) is 37.8 Å². The van der Waals surface area contributed by atoms with Gasteiger partial charge in [-0.3, -0.25) is 0 Å². The fourth-order valence-electron chi connectivity index (χ4n) is 2.98. The molecular weight excluding hydrogens is 267 g/mol. The predicted octanol–water partition coefficient (Wildman–Crippen LogP) is 3.94. The van der Waals surface area contributed by atoms with Crippen LogP contribution in [0.15, 0.2) is 24.3 Å². The van der Waals surface area contributed by atoms with Gasteiger partial charge in [-0.25, -0.2) is 9.18 Å². The van der Waals surface area contributed by atoms with Gasteiger partial charge in [-0.2, -0.15) is 0 Å². The van der Waals surface area contributed by atoms with E-state index < -0.39 is 0 Å². The van der Waals surface area contributed by atoms with Gasteiger partial charge in [0.15, 0.2) is 0 Å². The van der Waals surface area contributed by atoms with Crippen molar-refractivity contribution in [2.45, 2.75) is 45.6 Å². The lowest BCUT2D eigenvalue weighted by atomic mass is 10.0. The molecule has 0 aliphatic heterocycles. The Kier molecular flexibility index (Phi) is 6.03. The maximum absolute atomic E-state index is 13.2. The van der Waals surface area contributed by atoms with Crippen LogP contribution < -0.4 is 5.32 Å². The van der Waals surface area contributed by atoms with Crippen LogP contribution in [0.25, 0.3) is 0 Å². The monoisotopic (exact) mass is 292 g/mol. The van der Waals surface area contributed by atoms with Crippen molar-refractivity contribution in [3.05, 3.63) is 35.6 Å². The average molecular weight is 292 g/mol. The second-order valence-electron chi connectivity index (χ2n) is 5.82. The molecule has 4 heteroatoms. The third-order valence-corrected chi connectivity index (χ3v) is 4.23. The van der Waals surface area contributed by atoms with Gasteiger partial charge in [0.1, 0.15) is 5.82 Å². The zero-order valence-corrected chi connectivity index (χ0v) is 12.8. The van der Waals surface area contributed by atoms with E-state index in [9.17, 15) is 9.18 Å². The minimum absolute atomic E-state index is 0.0558. The molecule has 3 nitrogen and oxygen atoms in total. The van der Waals surface area contributed by atoms with Crippen LogP contribution in [0.1, 0.15) is 44.6 Å². The maximum Gasteiger partial charge on any atom is 0.317 e. The van der Waals surface area contributed by atoms with Gasteiger partial charge in [0, 0.05) is 19.6 Å². The predicted molar refractivity (Wildman–Crippen MR) is 82.5 cm³/mol. The number of urea groups is 1. The molecule has 21 heavy (non-hydrogen) atoms. The highest BCUT2D eigenvalue weighted by atomic mass is 19.1. The molecule has 116 valence electrons. The third-order valence-electron chi connectivity index (χ3n) is 4.23. The molecule has 2 amide bonds. The number of amides is 2. The van der Waals surface area contributed by atoms with Gasteiger partial charge < -0.3 is 10.2 Å². The van der Waals surface area contributed by atoms with Crippen LogP contribution in [0.5, 0.6) is 0 Å². The molecule has 1 N–H and O–H groups in total. The molecule has 0 radical (unpaired) electrons. The smallest absolute Gasteiger partial charge is 0.317 e. The second kappa shape index (κ2) is 8.01. The summed E-state index contributed by atoms with van der Waals surface area (Å²) < 4.78 is 13.2. The Morgan fingerprint density at radius 3 is 2.81 bits per heavy atom. The number of rotatable bonds is 6. The van der Waals surface area contributed by atoms with Gasteiger partial charge in [0.25, 0.3) is 0 Å². The minimum Gasteiger partial charge on any atom is -0.338 e. The molecule has 0 unspecified atom stereocenters. The Morgan fingerprint density at radius 2 is 2.14 bits per heavy atom. The van der Waals surface area contributed by atoms with E-state index in [-0.39, 0.29) is 11.8 Å². The molecule has 0 aromatic heterocycles. The molecule has 0 spiro atoms. The van der Waals surface area contributed by atoms with Crippen LogP contribution in [-0.4, -0.2) is 24.0 Å². The topological polar surface area (TPSA) is 32.3 Å². The zero-order valence-electron chi connectivity index (χ0n) is 12.8. The highest BCUT2D eigenvalue weighted by molar-refractivity contribution is 5.74. The lowest BCUT2D eigenvalue weighted by Crippen LogP contribution is -2.40. The van der Waals surface area contributed by atoms with E-state index in [2.05, 4.69) is 5.32 Å². The van der Waals surface area contributed by atoms with Crippen molar-refractivity contribution in [1.29, 1.82) is 0 Å². The lowest BCUT2D eigenvalue weighted by Gasteiger charge is -2.22. The molecule has 0 bridgehead atoms. The molecule has 1 aromatic rings. The van der Waals surface area contributed by atoms with Gasteiger partial charge in [0.05, 0.1) is 0 Å². The summed E-state index contributed by atoms with van der Waals surface area (Å²) in [5, 5.41) is 2.99. The summed E-state index contributed by atoms with van der Waals surface area (Å²) in [4.78, 5) is 13.9.